The van der Waals surface area contributed by atoms with Crippen molar-refractivity contribution in [1.29, 1.82) is 0 Å². The molecule has 0 spiro atoms. The Morgan fingerprint density at radius 2 is 2.26 bits per heavy atom. The zero-order chi connectivity index (χ0) is 13.5. The lowest BCUT2D eigenvalue weighted by Crippen LogP contribution is -2.24. The molecule has 0 aliphatic heterocycles. The van der Waals surface area contributed by atoms with Gasteiger partial charge in [0.15, 0.2) is 5.82 Å². The second-order valence-electron chi connectivity index (χ2n) is 3.58. The predicted octanol–water partition coefficient (Wildman–Crippen LogP) is 0.310. The Balaban J connectivity index is 2.10. The minimum Gasteiger partial charge on any atom is -0.345 e. The summed E-state index contributed by atoms with van der Waals surface area (Å²) in [5.74, 6) is 5.76. The lowest BCUT2D eigenvalue weighted by atomic mass is 10.1. The van der Waals surface area contributed by atoms with Gasteiger partial charge in [0, 0.05) is 5.56 Å². The first-order chi connectivity index (χ1) is 9.31. The predicted molar refractivity (Wildman–Crippen MR) is 67.8 cm³/mol. The fraction of sp³-hybridized carbons (Fsp3) is 0.154. The molecule has 0 bridgehead atoms. The van der Waals surface area contributed by atoms with Gasteiger partial charge in [-0.2, -0.15) is 4.98 Å². The van der Waals surface area contributed by atoms with Gasteiger partial charge in [-0.25, -0.2) is 0 Å². The van der Waals surface area contributed by atoms with E-state index < -0.39 is 0 Å². The number of aromatic nitrogens is 2. The van der Waals surface area contributed by atoms with Crippen LogP contribution in [-0.4, -0.2) is 22.6 Å². The topological polar surface area (TPSA) is 94.0 Å². The summed E-state index contributed by atoms with van der Waals surface area (Å²) in [7, 11) is 0. The van der Waals surface area contributed by atoms with Crippen molar-refractivity contribution in [3.63, 3.8) is 0 Å². The average molecular weight is 256 g/mol. The van der Waals surface area contributed by atoms with Crippen LogP contribution in [0.25, 0.3) is 0 Å². The number of rotatable bonds is 3. The Morgan fingerprint density at radius 1 is 1.42 bits per heavy atom. The third-order valence-corrected chi connectivity index (χ3v) is 2.31. The SMILES string of the molecule is NCC#Cc1ccccc1C(=O)NCc1ncon1. The maximum absolute atomic E-state index is 12.0. The summed E-state index contributed by atoms with van der Waals surface area (Å²) in [6.07, 6.45) is 1.21. The van der Waals surface area contributed by atoms with Crippen LogP contribution >= 0.6 is 0 Å². The zero-order valence-corrected chi connectivity index (χ0v) is 10.1. The molecular formula is C13H12N4O2. The molecule has 0 unspecified atom stereocenters. The molecule has 0 saturated carbocycles. The number of amides is 1. The van der Waals surface area contributed by atoms with Gasteiger partial charge in [0.05, 0.1) is 18.7 Å². The Labute approximate surface area is 110 Å². The van der Waals surface area contributed by atoms with Crippen molar-refractivity contribution < 1.29 is 9.32 Å². The van der Waals surface area contributed by atoms with Crippen molar-refractivity contribution in [3.05, 3.63) is 47.6 Å². The second-order valence-corrected chi connectivity index (χ2v) is 3.58. The molecule has 6 nitrogen and oxygen atoms in total. The van der Waals surface area contributed by atoms with Gasteiger partial charge < -0.3 is 15.6 Å². The third kappa shape index (κ3) is 3.40. The van der Waals surface area contributed by atoms with Gasteiger partial charge in [0.1, 0.15) is 0 Å². The number of carbonyl (C=O) groups excluding carboxylic acids is 1. The molecule has 2 aromatic rings. The van der Waals surface area contributed by atoms with Gasteiger partial charge in [-0.05, 0) is 12.1 Å². The molecule has 1 aromatic carbocycles. The summed E-state index contributed by atoms with van der Waals surface area (Å²) < 4.78 is 4.58. The van der Waals surface area contributed by atoms with Gasteiger partial charge >= 0.3 is 0 Å². The molecule has 19 heavy (non-hydrogen) atoms. The molecular weight excluding hydrogens is 244 g/mol. The van der Waals surface area contributed by atoms with Crippen LogP contribution in [0, 0.1) is 11.8 Å². The van der Waals surface area contributed by atoms with Crippen LogP contribution < -0.4 is 11.1 Å². The Bertz CT molecular complexity index is 611. The van der Waals surface area contributed by atoms with Gasteiger partial charge in [-0.15, -0.1) is 0 Å². The summed E-state index contributed by atoms with van der Waals surface area (Å²) in [4.78, 5) is 15.8. The van der Waals surface area contributed by atoms with Gasteiger partial charge in [0.2, 0.25) is 6.39 Å². The number of benzene rings is 1. The first-order valence-corrected chi connectivity index (χ1v) is 5.62. The maximum Gasteiger partial charge on any atom is 0.252 e. The maximum atomic E-state index is 12.0. The molecule has 3 N–H and O–H groups in total. The highest BCUT2D eigenvalue weighted by Gasteiger charge is 2.10. The first kappa shape index (κ1) is 12.8. The van der Waals surface area contributed by atoms with Crippen LogP contribution in [0.3, 0.4) is 0 Å². The molecule has 0 fully saturated rings. The van der Waals surface area contributed by atoms with E-state index >= 15 is 0 Å². The van der Waals surface area contributed by atoms with Crippen molar-refractivity contribution in [3.8, 4) is 11.8 Å². The molecule has 0 saturated heterocycles. The molecule has 1 heterocycles. The standard InChI is InChI=1S/C13H12N4O2/c14-7-3-5-10-4-1-2-6-11(10)13(18)15-8-12-16-9-19-17-12/h1-2,4,6,9H,7-8,14H2,(H,15,18). The van der Waals surface area contributed by atoms with Gasteiger partial charge in [0.25, 0.3) is 5.91 Å². The minimum atomic E-state index is -0.244. The molecule has 0 aliphatic carbocycles. The van der Waals surface area contributed by atoms with Crippen LogP contribution in [0.4, 0.5) is 0 Å². The Kier molecular flexibility index (Phi) is 4.26. The minimum absolute atomic E-state index is 0.202. The number of nitrogens with two attached hydrogens (primary N) is 1. The quantitative estimate of drug-likeness (QED) is 0.771. The number of nitrogens with zero attached hydrogens (tertiary/aromatic N) is 2. The van der Waals surface area contributed by atoms with Crippen LogP contribution in [0.1, 0.15) is 21.7 Å². The van der Waals surface area contributed by atoms with Crippen molar-refractivity contribution in [2.75, 3.05) is 6.54 Å². The van der Waals surface area contributed by atoms with E-state index in [9.17, 15) is 4.79 Å². The van der Waals surface area contributed by atoms with Crippen LogP contribution in [0.15, 0.2) is 35.2 Å². The monoisotopic (exact) mass is 256 g/mol. The highest BCUT2D eigenvalue weighted by molar-refractivity contribution is 5.96. The zero-order valence-electron chi connectivity index (χ0n) is 10.1. The molecule has 0 aliphatic rings. The summed E-state index contributed by atoms with van der Waals surface area (Å²) >= 11 is 0. The number of hydrogen-bond donors (Lipinski definition) is 2. The van der Waals surface area contributed by atoms with E-state index in [0.29, 0.717) is 17.0 Å². The summed E-state index contributed by atoms with van der Waals surface area (Å²) in [5.41, 5.74) is 6.45. The largest absolute Gasteiger partial charge is 0.345 e. The van der Waals surface area contributed by atoms with Crippen molar-refractivity contribution >= 4 is 5.91 Å². The third-order valence-electron chi connectivity index (χ3n) is 2.31. The number of hydrogen-bond acceptors (Lipinski definition) is 5. The Morgan fingerprint density at radius 3 is 3.00 bits per heavy atom. The highest BCUT2D eigenvalue weighted by atomic mass is 16.5. The smallest absolute Gasteiger partial charge is 0.252 e. The van der Waals surface area contributed by atoms with Crippen LogP contribution in [0.2, 0.25) is 0 Å². The molecule has 96 valence electrons. The molecule has 6 heteroatoms. The van der Waals surface area contributed by atoms with Gasteiger partial charge in [-0.1, -0.05) is 29.1 Å². The van der Waals surface area contributed by atoms with Crippen molar-refractivity contribution in [2.24, 2.45) is 5.73 Å². The van der Waals surface area contributed by atoms with Crippen molar-refractivity contribution in [2.45, 2.75) is 6.54 Å². The van der Waals surface area contributed by atoms with E-state index in [4.69, 9.17) is 5.73 Å². The molecule has 0 radical (unpaired) electrons. The summed E-state index contributed by atoms with van der Waals surface area (Å²) in [6, 6.07) is 7.06. The lowest BCUT2D eigenvalue weighted by molar-refractivity contribution is 0.0949. The molecule has 1 amide bonds. The fourth-order valence-corrected chi connectivity index (χ4v) is 1.46. The first-order valence-electron chi connectivity index (χ1n) is 5.62. The Hall–Kier alpha value is -2.65. The molecule has 1 aromatic heterocycles. The molecule has 2 rings (SSSR count). The molecule has 0 atom stereocenters. The summed E-state index contributed by atoms with van der Waals surface area (Å²) in [5, 5.41) is 6.30. The van der Waals surface area contributed by atoms with E-state index in [1.807, 2.05) is 6.07 Å². The van der Waals surface area contributed by atoms with E-state index in [2.05, 4.69) is 31.8 Å². The van der Waals surface area contributed by atoms with Gasteiger partial charge in [-0.3, -0.25) is 4.79 Å². The van der Waals surface area contributed by atoms with Crippen molar-refractivity contribution in [1.82, 2.24) is 15.5 Å². The van der Waals surface area contributed by atoms with Crippen LogP contribution in [-0.2, 0) is 6.54 Å². The average Bonchev–Trinajstić information content (AvgIpc) is 2.96. The van der Waals surface area contributed by atoms with Crippen LogP contribution in [0.5, 0.6) is 0 Å². The number of carbonyl (C=O) groups is 1. The normalized spacial score (nSPS) is 9.53. The van der Waals surface area contributed by atoms with E-state index in [0.717, 1.165) is 0 Å². The summed E-state index contributed by atoms with van der Waals surface area (Å²) in [6.45, 7) is 0.451. The van der Waals surface area contributed by atoms with E-state index in [-0.39, 0.29) is 19.0 Å². The lowest BCUT2D eigenvalue weighted by Gasteiger charge is -2.04. The van der Waals surface area contributed by atoms with E-state index in [1.165, 1.54) is 6.39 Å². The van der Waals surface area contributed by atoms with E-state index in [1.54, 1.807) is 18.2 Å². The second kappa shape index (κ2) is 6.33. The fourth-order valence-electron chi connectivity index (χ4n) is 1.46. The highest BCUT2D eigenvalue weighted by Crippen LogP contribution is 2.07. The number of nitrogens with one attached hydrogen (secondary N) is 1.